The molecule has 0 atom stereocenters. The van der Waals surface area contributed by atoms with Gasteiger partial charge in [-0.15, -0.1) is 0 Å². The van der Waals surface area contributed by atoms with Crippen molar-refractivity contribution < 1.29 is 4.74 Å². The van der Waals surface area contributed by atoms with Crippen LogP contribution >= 0.6 is 11.8 Å². The third kappa shape index (κ3) is 3.08. The van der Waals surface area contributed by atoms with Crippen LogP contribution < -0.4 is 4.74 Å². The summed E-state index contributed by atoms with van der Waals surface area (Å²) in [5, 5.41) is 0.918. The second-order valence-corrected chi connectivity index (χ2v) is 5.27. The molecular formula is C16H15N3OS. The van der Waals surface area contributed by atoms with Crippen molar-refractivity contribution in [3.05, 3.63) is 48.0 Å². The summed E-state index contributed by atoms with van der Waals surface area (Å²) in [5.41, 5.74) is 3.89. The van der Waals surface area contributed by atoms with Crippen molar-refractivity contribution in [1.29, 1.82) is 0 Å². The number of imidazole rings is 1. The van der Waals surface area contributed by atoms with Crippen molar-refractivity contribution in [2.24, 2.45) is 4.99 Å². The molecule has 106 valence electrons. The lowest BCUT2D eigenvalue weighted by Gasteiger charge is -1.99. The molecule has 21 heavy (non-hydrogen) atoms. The zero-order chi connectivity index (χ0) is 14.7. The molecule has 0 aliphatic carbocycles. The van der Waals surface area contributed by atoms with Gasteiger partial charge in [-0.1, -0.05) is 11.8 Å². The number of hydrogen-bond acceptors (Lipinski definition) is 4. The molecule has 0 saturated heterocycles. The van der Waals surface area contributed by atoms with Gasteiger partial charge in [0.05, 0.1) is 23.8 Å². The van der Waals surface area contributed by atoms with E-state index in [1.165, 1.54) is 0 Å². The standard InChI is InChI=1S/C16H15N3OS/c1-20-13-6-3-11(4-7-13)10-17-12-5-8-14-15(9-12)19-16(18-14)21-2/h3-10H,1-2H3,(H,18,19). The summed E-state index contributed by atoms with van der Waals surface area (Å²) in [6.45, 7) is 0. The zero-order valence-electron chi connectivity index (χ0n) is 11.8. The number of aromatic amines is 1. The van der Waals surface area contributed by atoms with Crippen molar-refractivity contribution >= 4 is 34.7 Å². The molecule has 2 aromatic carbocycles. The summed E-state index contributed by atoms with van der Waals surface area (Å²) in [7, 11) is 1.66. The number of nitrogens with one attached hydrogen (secondary N) is 1. The van der Waals surface area contributed by atoms with Crippen LogP contribution in [-0.4, -0.2) is 29.5 Å². The number of H-pyrrole nitrogens is 1. The van der Waals surface area contributed by atoms with E-state index in [2.05, 4.69) is 15.0 Å². The maximum atomic E-state index is 5.14. The van der Waals surface area contributed by atoms with Gasteiger partial charge in [-0.3, -0.25) is 4.99 Å². The Labute approximate surface area is 127 Å². The number of ether oxygens (including phenoxy) is 1. The third-order valence-corrected chi connectivity index (χ3v) is 3.70. The van der Waals surface area contributed by atoms with Gasteiger partial charge in [0.1, 0.15) is 5.75 Å². The maximum Gasteiger partial charge on any atom is 0.166 e. The Bertz CT molecular complexity index is 778. The predicted octanol–water partition coefficient (Wildman–Crippen LogP) is 4.04. The Morgan fingerprint density at radius 3 is 2.71 bits per heavy atom. The Balaban J connectivity index is 1.84. The van der Waals surface area contributed by atoms with Crippen LogP contribution in [0.15, 0.2) is 52.6 Å². The number of hydrogen-bond donors (Lipinski definition) is 1. The number of rotatable bonds is 4. The molecule has 0 aliphatic heterocycles. The van der Waals surface area contributed by atoms with Crippen molar-refractivity contribution in [3.63, 3.8) is 0 Å². The van der Waals surface area contributed by atoms with Gasteiger partial charge in [-0.05, 0) is 54.3 Å². The minimum absolute atomic E-state index is 0.843. The average molecular weight is 297 g/mol. The van der Waals surface area contributed by atoms with Crippen LogP contribution in [0.2, 0.25) is 0 Å². The molecular weight excluding hydrogens is 282 g/mol. The molecule has 1 aromatic heterocycles. The molecule has 0 fully saturated rings. The molecule has 0 saturated carbocycles. The molecule has 1 heterocycles. The van der Waals surface area contributed by atoms with Crippen LogP contribution in [-0.2, 0) is 0 Å². The smallest absolute Gasteiger partial charge is 0.166 e. The van der Waals surface area contributed by atoms with E-state index in [1.54, 1.807) is 18.9 Å². The monoisotopic (exact) mass is 297 g/mol. The number of methoxy groups -OCH3 is 1. The highest BCUT2D eigenvalue weighted by atomic mass is 32.2. The molecule has 0 spiro atoms. The highest BCUT2D eigenvalue weighted by molar-refractivity contribution is 7.98. The van der Waals surface area contributed by atoms with Gasteiger partial charge in [0.15, 0.2) is 5.16 Å². The largest absolute Gasteiger partial charge is 0.497 e. The van der Waals surface area contributed by atoms with E-state index in [1.807, 2.05) is 54.9 Å². The van der Waals surface area contributed by atoms with Gasteiger partial charge < -0.3 is 9.72 Å². The molecule has 3 aromatic rings. The quantitative estimate of drug-likeness (QED) is 0.584. The van der Waals surface area contributed by atoms with Crippen LogP contribution in [0.4, 0.5) is 5.69 Å². The average Bonchev–Trinajstić information content (AvgIpc) is 2.95. The van der Waals surface area contributed by atoms with Crippen LogP contribution in [0.1, 0.15) is 5.56 Å². The Kier molecular flexibility index (Phi) is 3.92. The molecule has 3 rings (SSSR count). The molecule has 0 amide bonds. The first-order chi connectivity index (χ1) is 10.3. The topological polar surface area (TPSA) is 50.3 Å². The molecule has 0 radical (unpaired) electrons. The summed E-state index contributed by atoms with van der Waals surface area (Å²) >= 11 is 1.60. The SMILES string of the molecule is COc1ccc(C=Nc2ccc3nc(SC)[nH]c3c2)cc1. The number of benzene rings is 2. The fourth-order valence-electron chi connectivity index (χ4n) is 1.99. The van der Waals surface area contributed by atoms with Crippen molar-refractivity contribution in [3.8, 4) is 5.75 Å². The zero-order valence-corrected chi connectivity index (χ0v) is 12.6. The lowest BCUT2D eigenvalue weighted by Crippen LogP contribution is -1.84. The number of fused-ring (bicyclic) bond motifs is 1. The van der Waals surface area contributed by atoms with E-state index in [0.717, 1.165) is 33.2 Å². The van der Waals surface area contributed by atoms with Crippen LogP contribution in [0, 0.1) is 0 Å². The number of aromatic nitrogens is 2. The van der Waals surface area contributed by atoms with Crippen molar-refractivity contribution in [1.82, 2.24) is 9.97 Å². The van der Waals surface area contributed by atoms with Crippen molar-refractivity contribution in [2.75, 3.05) is 13.4 Å². The minimum atomic E-state index is 0.843. The Hall–Kier alpha value is -2.27. The fourth-order valence-corrected chi connectivity index (χ4v) is 2.39. The van der Waals surface area contributed by atoms with E-state index in [0.29, 0.717) is 0 Å². The third-order valence-electron chi connectivity index (χ3n) is 3.12. The van der Waals surface area contributed by atoms with Gasteiger partial charge in [-0.25, -0.2) is 4.98 Å². The lowest BCUT2D eigenvalue weighted by atomic mass is 10.2. The summed E-state index contributed by atoms with van der Waals surface area (Å²) < 4.78 is 5.14. The van der Waals surface area contributed by atoms with Crippen LogP contribution in [0.3, 0.4) is 0 Å². The van der Waals surface area contributed by atoms with Gasteiger partial charge in [0, 0.05) is 6.21 Å². The lowest BCUT2D eigenvalue weighted by molar-refractivity contribution is 0.415. The van der Waals surface area contributed by atoms with Gasteiger partial charge >= 0.3 is 0 Å². The first-order valence-electron chi connectivity index (χ1n) is 6.50. The summed E-state index contributed by atoms with van der Waals surface area (Å²) in [4.78, 5) is 12.2. The highest BCUT2D eigenvalue weighted by Gasteiger charge is 2.01. The second-order valence-electron chi connectivity index (χ2n) is 4.48. The normalized spacial score (nSPS) is 11.3. The first kappa shape index (κ1) is 13.7. The van der Waals surface area contributed by atoms with E-state index >= 15 is 0 Å². The van der Waals surface area contributed by atoms with Gasteiger partial charge in [0.25, 0.3) is 0 Å². The van der Waals surface area contributed by atoms with E-state index in [4.69, 9.17) is 4.74 Å². The second kappa shape index (κ2) is 6.01. The number of aliphatic imine (C=N–C) groups is 1. The Morgan fingerprint density at radius 1 is 1.19 bits per heavy atom. The van der Waals surface area contributed by atoms with E-state index < -0.39 is 0 Å². The van der Waals surface area contributed by atoms with Gasteiger partial charge in [0.2, 0.25) is 0 Å². The fraction of sp³-hybridized carbons (Fsp3) is 0.125. The van der Waals surface area contributed by atoms with E-state index in [-0.39, 0.29) is 0 Å². The molecule has 0 aliphatic rings. The molecule has 4 nitrogen and oxygen atoms in total. The van der Waals surface area contributed by atoms with Gasteiger partial charge in [-0.2, -0.15) is 0 Å². The van der Waals surface area contributed by atoms with E-state index in [9.17, 15) is 0 Å². The highest BCUT2D eigenvalue weighted by Crippen LogP contribution is 2.22. The summed E-state index contributed by atoms with van der Waals surface area (Å²) in [5.74, 6) is 0.843. The number of thioether (sulfide) groups is 1. The van der Waals surface area contributed by atoms with Crippen LogP contribution in [0.25, 0.3) is 11.0 Å². The summed E-state index contributed by atoms with van der Waals surface area (Å²) in [6, 6.07) is 13.7. The molecule has 1 N–H and O–H groups in total. The minimum Gasteiger partial charge on any atom is -0.497 e. The molecule has 5 heteroatoms. The van der Waals surface area contributed by atoms with Crippen LogP contribution in [0.5, 0.6) is 5.75 Å². The predicted molar refractivity (Wildman–Crippen MR) is 88.1 cm³/mol. The number of nitrogens with zero attached hydrogens (tertiary/aromatic N) is 2. The molecule has 0 bridgehead atoms. The Morgan fingerprint density at radius 2 is 2.00 bits per heavy atom. The summed E-state index contributed by atoms with van der Waals surface area (Å²) in [6.07, 6.45) is 3.84. The molecule has 0 unspecified atom stereocenters. The maximum absolute atomic E-state index is 5.14. The first-order valence-corrected chi connectivity index (χ1v) is 7.73. The van der Waals surface area contributed by atoms with Crippen molar-refractivity contribution in [2.45, 2.75) is 5.16 Å².